The molecule has 14 heteroatoms. The van der Waals surface area contributed by atoms with Crippen LogP contribution in [0.2, 0.25) is 5.02 Å². The molecule has 0 aliphatic carbocycles. The van der Waals surface area contributed by atoms with Gasteiger partial charge in [-0.25, -0.2) is 9.18 Å². The van der Waals surface area contributed by atoms with Crippen LogP contribution in [0.15, 0.2) is 71.1 Å². The number of imide groups is 1. The number of nitrogens with one attached hydrogen (secondary N) is 3. The van der Waals surface area contributed by atoms with Gasteiger partial charge in [-0.2, -0.15) is 0 Å². The number of nitrogens with zero attached hydrogens (tertiary/aromatic N) is 2. The van der Waals surface area contributed by atoms with Crippen molar-refractivity contribution in [1.29, 1.82) is 0 Å². The first-order chi connectivity index (χ1) is 22.3. The first-order valence-electron chi connectivity index (χ1n) is 14.6. The molecule has 47 heavy (non-hydrogen) atoms. The number of aromatic nitrogens is 2. The number of alkyl carbamates (subject to hydrolysis) is 1. The fourth-order valence-corrected chi connectivity index (χ4v) is 6.32. The quantitative estimate of drug-likeness (QED) is 0.132. The van der Waals surface area contributed by atoms with Crippen molar-refractivity contribution >= 4 is 52.6 Å². The van der Waals surface area contributed by atoms with E-state index < -0.39 is 40.6 Å². The van der Waals surface area contributed by atoms with Crippen LogP contribution in [0.1, 0.15) is 54.6 Å². The molecule has 0 spiro atoms. The van der Waals surface area contributed by atoms with Crippen LogP contribution in [0.3, 0.4) is 0 Å². The summed E-state index contributed by atoms with van der Waals surface area (Å²) >= 11 is 8.78. The van der Waals surface area contributed by atoms with Crippen molar-refractivity contribution in [2.75, 3.05) is 0 Å². The molecule has 0 aliphatic heterocycles. The summed E-state index contributed by atoms with van der Waals surface area (Å²) in [4.78, 5) is 39.0. The molecule has 2 atom stereocenters. The van der Waals surface area contributed by atoms with Crippen molar-refractivity contribution in [2.24, 2.45) is 0 Å². The van der Waals surface area contributed by atoms with Crippen molar-refractivity contribution in [3.63, 3.8) is 0 Å². The number of halogens is 2. The molecule has 0 saturated carbocycles. The second kappa shape index (κ2) is 16.2. The van der Waals surface area contributed by atoms with Crippen molar-refractivity contribution in [1.82, 2.24) is 26.1 Å². The van der Waals surface area contributed by atoms with Gasteiger partial charge < -0.3 is 20.1 Å². The van der Waals surface area contributed by atoms with Crippen molar-refractivity contribution < 1.29 is 28.2 Å². The van der Waals surface area contributed by atoms with Crippen LogP contribution in [0, 0.1) is 12.7 Å². The van der Waals surface area contributed by atoms with Gasteiger partial charge in [-0.05, 0) is 70.5 Å². The fraction of sp³-hybridized carbons (Fsp3) is 0.303. The zero-order valence-corrected chi connectivity index (χ0v) is 28.8. The normalized spacial score (nSPS) is 12.6. The van der Waals surface area contributed by atoms with E-state index in [1.54, 1.807) is 89.2 Å². The first kappa shape index (κ1) is 35.8. The number of aryl methyl sites for hydroxylation is 1. The molecule has 0 aliphatic rings. The molecule has 0 fully saturated rings. The number of rotatable bonds is 12. The summed E-state index contributed by atoms with van der Waals surface area (Å²) in [6.07, 6.45) is -0.551. The van der Waals surface area contributed by atoms with Crippen LogP contribution in [-0.4, -0.2) is 39.7 Å². The molecule has 10 nitrogen and oxygen atoms in total. The predicted molar refractivity (Wildman–Crippen MR) is 180 cm³/mol. The van der Waals surface area contributed by atoms with E-state index in [9.17, 15) is 18.8 Å². The van der Waals surface area contributed by atoms with E-state index in [1.165, 1.54) is 17.4 Å². The van der Waals surface area contributed by atoms with E-state index >= 15 is 0 Å². The molecule has 1 heterocycles. The third kappa shape index (κ3) is 11.0. The van der Waals surface area contributed by atoms with Crippen LogP contribution in [0.4, 0.5) is 9.18 Å². The number of hydrogen-bond donors (Lipinski definition) is 3. The van der Waals surface area contributed by atoms with Gasteiger partial charge in [0.15, 0.2) is 4.34 Å². The molecule has 4 rings (SSSR count). The predicted octanol–water partition coefficient (Wildman–Crippen LogP) is 7.11. The molecule has 248 valence electrons. The molecule has 0 saturated heterocycles. The minimum atomic E-state index is -0.991. The highest BCUT2D eigenvalue weighted by Crippen LogP contribution is 2.43. The number of benzene rings is 3. The van der Waals surface area contributed by atoms with Crippen molar-refractivity contribution in [3.8, 4) is 11.5 Å². The summed E-state index contributed by atoms with van der Waals surface area (Å²) in [5, 5.41) is 16.4. The Morgan fingerprint density at radius 2 is 1.77 bits per heavy atom. The molecular weight excluding hydrogens is 665 g/mol. The number of carbonyl (C=O) groups excluding carboxylic acids is 3. The van der Waals surface area contributed by atoms with Crippen LogP contribution < -0.4 is 20.7 Å². The van der Waals surface area contributed by atoms with Crippen molar-refractivity contribution in [2.45, 2.75) is 68.9 Å². The first-order valence-corrected chi connectivity index (χ1v) is 16.7. The molecule has 0 bridgehead atoms. The van der Waals surface area contributed by atoms with Gasteiger partial charge >= 0.3 is 6.09 Å². The number of carbonyl (C=O) groups is 3. The maximum atomic E-state index is 14.1. The number of hydrogen-bond acceptors (Lipinski definition) is 10. The molecule has 1 aromatic heterocycles. The van der Waals surface area contributed by atoms with Gasteiger partial charge in [0.1, 0.15) is 33.2 Å². The average Bonchev–Trinajstić information content (AvgIpc) is 3.42. The van der Waals surface area contributed by atoms with E-state index in [1.807, 2.05) is 6.07 Å². The number of thioether (sulfide) groups is 1. The summed E-state index contributed by atoms with van der Waals surface area (Å²) in [5.74, 6) is -0.897. The Bertz CT molecular complexity index is 1730. The van der Waals surface area contributed by atoms with E-state index in [4.69, 9.17) is 21.1 Å². The minimum absolute atomic E-state index is 0.0964. The lowest BCUT2D eigenvalue weighted by molar-refractivity contribution is -0.131. The van der Waals surface area contributed by atoms with Crippen LogP contribution in [-0.2, 0) is 27.4 Å². The lowest BCUT2D eigenvalue weighted by atomic mass is 10.1. The molecular formula is C33H35ClFN5O5S2. The van der Waals surface area contributed by atoms with Gasteiger partial charge in [0.25, 0.3) is 0 Å². The highest BCUT2D eigenvalue weighted by Gasteiger charge is 2.30. The minimum Gasteiger partial charge on any atom is -0.457 e. The zero-order valence-electron chi connectivity index (χ0n) is 26.4. The Morgan fingerprint density at radius 1 is 1.00 bits per heavy atom. The molecule has 4 aromatic rings. The topological polar surface area (TPSA) is 132 Å². The maximum Gasteiger partial charge on any atom is 0.407 e. The summed E-state index contributed by atoms with van der Waals surface area (Å²) < 4.78 is 26.1. The second-order valence-electron chi connectivity index (χ2n) is 11.4. The molecule has 3 aromatic carbocycles. The van der Waals surface area contributed by atoms with Gasteiger partial charge in [-0.3, -0.25) is 14.9 Å². The third-order valence-electron chi connectivity index (χ3n) is 6.38. The monoisotopic (exact) mass is 699 g/mol. The molecule has 3 amide bonds. The van der Waals surface area contributed by atoms with E-state index in [0.717, 1.165) is 17.3 Å². The average molecular weight is 700 g/mol. The fourth-order valence-electron chi connectivity index (χ4n) is 4.13. The molecule has 3 N–H and O–H groups in total. The SMILES string of the molecule is Cc1nnc(SC(C(=O)NC(=O)C(C)NCc2ccccc2F)c2ccc(Cl)cc2Oc2cccc(CNC(=O)OC(C)(C)C)c2)s1. The maximum absolute atomic E-state index is 14.1. The van der Waals surface area contributed by atoms with Gasteiger partial charge in [-0.15, -0.1) is 10.2 Å². The Balaban J connectivity index is 1.54. The smallest absolute Gasteiger partial charge is 0.407 e. The van der Waals surface area contributed by atoms with Gasteiger partial charge in [0, 0.05) is 29.2 Å². The Hall–Kier alpha value is -4.04. The van der Waals surface area contributed by atoms with Gasteiger partial charge in [0.05, 0.1) is 6.04 Å². The standard InChI is InChI=1S/C33H35ClFN5O5S2/c1-19(36-18-22-10-6-7-12-26(22)35)29(41)38-30(42)28(47-32-40-39-20(2)46-32)25-14-13-23(34)16-27(25)44-24-11-8-9-21(15-24)17-37-31(43)45-33(3,4)5/h6-16,19,28,36H,17-18H2,1-5H3,(H,37,43)(H,38,41,42). The highest BCUT2D eigenvalue weighted by molar-refractivity contribution is 8.01. The second-order valence-corrected chi connectivity index (χ2v) is 14.4. The molecule has 2 unspecified atom stereocenters. The summed E-state index contributed by atoms with van der Waals surface area (Å²) in [6.45, 7) is 9.01. The number of amides is 3. The van der Waals surface area contributed by atoms with Crippen LogP contribution in [0.5, 0.6) is 11.5 Å². The van der Waals surface area contributed by atoms with Crippen LogP contribution >= 0.6 is 34.7 Å². The largest absolute Gasteiger partial charge is 0.457 e. The van der Waals surface area contributed by atoms with E-state index in [2.05, 4.69) is 26.1 Å². The lowest BCUT2D eigenvalue weighted by Crippen LogP contribution is -2.45. The summed E-state index contributed by atoms with van der Waals surface area (Å²) in [5.41, 5.74) is 0.938. The Kier molecular flexibility index (Phi) is 12.3. The zero-order chi connectivity index (χ0) is 34.1. The number of ether oxygens (including phenoxy) is 2. The van der Waals surface area contributed by atoms with Gasteiger partial charge in [0.2, 0.25) is 11.8 Å². The van der Waals surface area contributed by atoms with E-state index in [0.29, 0.717) is 31.2 Å². The Labute approximate surface area is 285 Å². The highest BCUT2D eigenvalue weighted by atomic mass is 35.5. The summed E-state index contributed by atoms with van der Waals surface area (Å²) in [6, 6.07) is 17.3. The van der Waals surface area contributed by atoms with Gasteiger partial charge in [-0.1, -0.05) is 71.1 Å². The Morgan fingerprint density at radius 3 is 2.47 bits per heavy atom. The van der Waals surface area contributed by atoms with Crippen molar-refractivity contribution in [3.05, 3.63) is 99.3 Å². The lowest BCUT2D eigenvalue weighted by Gasteiger charge is -2.21. The van der Waals surface area contributed by atoms with E-state index in [-0.39, 0.29) is 18.8 Å². The third-order valence-corrected chi connectivity index (χ3v) is 8.77. The van der Waals surface area contributed by atoms with Crippen LogP contribution in [0.25, 0.3) is 0 Å². The summed E-state index contributed by atoms with van der Waals surface area (Å²) in [7, 11) is 0. The molecule has 0 radical (unpaired) electrons.